The standard InChI is InChI=1S/C19H23N3O5/c1-12(23)21-17(8-13-10-20-16-5-3-2-4-15(13)16)19(26)22-6-7-27-14(11-22)9-18(24)25/h2-5,10,14,17,20H,6-9,11H2,1H3,(H,21,23)(H,24,25)/t14-,17+/m1/s1. The Morgan fingerprint density at radius 3 is 2.89 bits per heavy atom. The molecule has 0 aliphatic carbocycles. The number of morpholine rings is 1. The molecule has 27 heavy (non-hydrogen) atoms. The van der Waals surface area contributed by atoms with Crippen LogP contribution in [0.3, 0.4) is 0 Å². The van der Waals surface area contributed by atoms with E-state index in [-0.39, 0.29) is 31.4 Å². The fourth-order valence-corrected chi connectivity index (χ4v) is 3.42. The van der Waals surface area contributed by atoms with Crippen LogP contribution in [0.5, 0.6) is 0 Å². The van der Waals surface area contributed by atoms with Crippen molar-refractivity contribution in [1.82, 2.24) is 15.2 Å². The number of carbonyl (C=O) groups excluding carboxylic acids is 2. The van der Waals surface area contributed by atoms with E-state index in [1.165, 1.54) is 6.92 Å². The van der Waals surface area contributed by atoms with Crippen LogP contribution in [-0.4, -0.2) is 64.6 Å². The van der Waals surface area contributed by atoms with Crippen molar-refractivity contribution in [2.75, 3.05) is 19.7 Å². The van der Waals surface area contributed by atoms with Gasteiger partial charge in [0.05, 0.1) is 19.1 Å². The van der Waals surface area contributed by atoms with E-state index in [9.17, 15) is 14.4 Å². The number of nitrogens with one attached hydrogen (secondary N) is 2. The second-order valence-corrected chi connectivity index (χ2v) is 6.69. The van der Waals surface area contributed by atoms with Gasteiger partial charge in [-0.15, -0.1) is 0 Å². The van der Waals surface area contributed by atoms with Gasteiger partial charge in [-0.1, -0.05) is 18.2 Å². The Kier molecular flexibility index (Phi) is 5.75. The Labute approximate surface area is 156 Å². The van der Waals surface area contributed by atoms with Crippen LogP contribution in [0.2, 0.25) is 0 Å². The average Bonchev–Trinajstić information content (AvgIpc) is 3.03. The van der Waals surface area contributed by atoms with Crippen LogP contribution in [0.15, 0.2) is 30.5 Å². The number of carbonyl (C=O) groups is 3. The van der Waals surface area contributed by atoms with Crippen molar-refractivity contribution in [2.45, 2.75) is 31.9 Å². The second kappa shape index (κ2) is 8.22. The summed E-state index contributed by atoms with van der Waals surface area (Å²) < 4.78 is 5.43. The van der Waals surface area contributed by atoms with Gasteiger partial charge in [0.1, 0.15) is 6.04 Å². The van der Waals surface area contributed by atoms with Crippen molar-refractivity contribution in [3.63, 3.8) is 0 Å². The predicted molar refractivity (Wildman–Crippen MR) is 98.2 cm³/mol. The summed E-state index contributed by atoms with van der Waals surface area (Å²) in [5.74, 6) is -1.48. The fourth-order valence-electron chi connectivity index (χ4n) is 3.42. The lowest BCUT2D eigenvalue weighted by Crippen LogP contribution is -2.54. The lowest BCUT2D eigenvalue weighted by molar-refractivity contribution is -0.149. The Hall–Kier alpha value is -2.87. The van der Waals surface area contributed by atoms with E-state index in [0.29, 0.717) is 13.0 Å². The largest absolute Gasteiger partial charge is 0.481 e. The number of para-hydroxylation sites is 1. The summed E-state index contributed by atoms with van der Waals surface area (Å²) in [6, 6.07) is 7.05. The third-order valence-electron chi connectivity index (χ3n) is 4.63. The number of H-pyrrole nitrogens is 1. The number of carboxylic acid groups (broad SMARTS) is 1. The molecule has 0 saturated carbocycles. The molecule has 144 valence electrons. The summed E-state index contributed by atoms with van der Waals surface area (Å²) in [5, 5.41) is 12.7. The number of aromatic amines is 1. The summed E-state index contributed by atoms with van der Waals surface area (Å²) in [6.45, 7) is 2.24. The molecule has 1 aromatic carbocycles. The number of benzene rings is 1. The lowest BCUT2D eigenvalue weighted by atomic mass is 10.0. The van der Waals surface area contributed by atoms with Gasteiger partial charge in [0.2, 0.25) is 11.8 Å². The maximum Gasteiger partial charge on any atom is 0.306 e. The monoisotopic (exact) mass is 373 g/mol. The molecule has 1 aliphatic heterocycles. The lowest BCUT2D eigenvalue weighted by Gasteiger charge is -2.34. The van der Waals surface area contributed by atoms with E-state index in [2.05, 4.69) is 10.3 Å². The van der Waals surface area contributed by atoms with Gasteiger partial charge in [-0.3, -0.25) is 14.4 Å². The van der Waals surface area contributed by atoms with Crippen LogP contribution < -0.4 is 5.32 Å². The summed E-state index contributed by atoms with van der Waals surface area (Å²) in [6.07, 6.45) is 1.51. The molecule has 2 aromatic rings. The fraction of sp³-hybridized carbons (Fsp3) is 0.421. The zero-order chi connectivity index (χ0) is 19.4. The molecular formula is C19H23N3O5. The molecule has 0 spiro atoms. The zero-order valence-electron chi connectivity index (χ0n) is 15.1. The summed E-state index contributed by atoms with van der Waals surface area (Å²) >= 11 is 0. The number of ether oxygens (including phenoxy) is 1. The van der Waals surface area contributed by atoms with Crippen molar-refractivity contribution < 1.29 is 24.2 Å². The highest BCUT2D eigenvalue weighted by molar-refractivity contribution is 5.89. The Balaban J connectivity index is 1.76. The van der Waals surface area contributed by atoms with Crippen molar-refractivity contribution in [1.29, 1.82) is 0 Å². The van der Waals surface area contributed by atoms with Gasteiger partial charge in [0.25, 0.3) is 0 Å². The van der Waals surface area contributed by atoms with Crippen molar-refractivity contribution in [3.8, 4) is 0 Å². The number of hydrogen-bond acceptors (Lipinski definition) is 4. The van der Waals surface area contributed by atoms with E-state index in [1.807, 2.05) is 30.5 Å². The number of carboxylic acids is 1. The molecule has 2 amide bonds. The van der Waals surface area contributed by atoms with Gasteiger partial charge in [-0.05, 0) is 11.6 Å². The van der Waals surface area contributed by atoms with Crippen LogP contribution in [-0.2, 0) is 25.5 Å². The quantitative estimate of drug-likeness (QED) is 0.697. The van der Waals surface area contributed by atoms with E-state index in [0.717, 1.165) is 16.5 Å². The first-order valence-corrected chi connectivity index (χ1v) is 8.88. The van der Waals surface area contributed by atoms with Crippen LogP contribution >= 0.6 is 0 Å². The molecule has 1 aromatic heterocycles. The third kappa shape index (κ3) is 4.65. The van der Waals surface area contributed by atoms with Gasteiger partial charge >= 0.3 is 5.97 Å². The molecule has 2 atom stereocenters. The van der Waals surface area contributed by atoms with E-state index < -0.39 is 18.1 Å². The smallest absolute Gasteiger partial charge is 0.306 e. The Morgan fingerprint density at radius 1 is 1.37 bits per heavy atom. The Morgan fingerprint density at radius 2 is 2.15 bits per heavy atom. The summed E-state index contributed by atoms with van der Waals surface area (Å²) in [5.41, 5.74) is 1.91. The molecule has 0 unspecified atom stereocenters. The first-order valence-electron chi connectivity index (χ1n) is 8.88. The van der Waals surface area contributed by atoms with Gasteiger partial charge < -0.3 is 25.0 Å². The molecule has 3 N–H and O–H groups in total. The average molecular weight is 373 g/mol. The Bertz CT molecular complexity index is 847. The third-order valence-corrected chi connectivity index (χ3v) is 4.63. The highest BCUT2D eigenvalue weighted by Crippen LogP contribution is 2.20. The van der Waals surface area contributed by atoms with Gasteiger partial charge in [-0.25, -0.2) is 0 Å². The minimum Gasteiger partial charge on any atom is -0.481 e. The number of aromatic nitrogens is 1. The van der Waals surface area contributed by atoms with Crippen LogP contribution in [0.4, 0.5) is 0 Å². The zero-order valence-corrected chi connectivity index (χ0v) is 15.1. The van der Waals surface area contributed by atoms with Gasteiger partial charge in [0.15, 0.2) is 0 Å². The van der Waals surface area contributed by atoms with Gasteiger partial charge in [-0.2, -0.15) is 0 Å². The highest BCUT2D eigenvalue weighted by atomic mass is 16.5. The van der Waals surface area contributed by atoms with E-state index >= 15 is 0 Å². The molecule has 8 heteroatoms. The van der Waals surface area contributed by atoms with Crippen molar-refractivity contribution in [3.05, 3.63) is 36.0 Å². The molecule has 1 aliphatic rings. The number of nitrogens with zero attached hydrogens (tertiary/aromatic N) is 1. The SMILES string of the molecule is CC(=O)N[C@@H](Cc1c[nH]c2ccccc12)C(=O)N1CCO[C@H](CC(=O)O)C1. The molecule has 0 bridgehead atoms. The molecule has 0 radical (unpaired) electrons. The molecule has 3 rings (SSSR count). The number of amides is 2. The normalized spacial score (nSPS) is 18.3. The first-order chi connectivity index (χ1) is 12.9. The molecular weight excluding hydrogens is 350 g/mol. The molecule has 2 heterocycles. The van der Waals surface area contributed by atoms with Crippen molar-refractivity contribution >= 4 is 28.7 Å². The molecule has 1 fully saturated rings. The van der Waals surface area contributed by atoms with E-state index in [4.69, 9.17) is 9.84 Å². The highest BCUT2D eigenvalue weighted by Gasteiger charge is 2.31. The topological polar surface area (TPSA) is 112 Å². The van der Waals surface area contributed by atoms with Crippen LogP contribution in [0.25, 0.3) is 10.9 Å². The van der Waals surface area contributed by atoms with Crippen LogP contribution in [0.1, 0.15) is 18.9 Å². The minimum atomic E-state index is -0.966. The number of aliphatic carboxylic acids is 1. The molecule has 8 nitrogen and oxygen atoms in total. The minimum absolute atomic E-state index is 0.156. The first kappa shape index (κ1) is 18.9. The van der Waals surface area contributed by atoms with E-state index in [1.54, 1.807) is 4.90 Å². The maximum atomic E-state index is 13.0. The number of fused-ring (bicyclic) bond motifs is 1. The van der Waals surface area contributed by atoms with Crippen molar-refractivity contribution in [2.24, 2.45) is 0 Å². The summed E-state index contributed by atoms with van der Waals surface area (Å²) in [4.78, 5) is 40.3. The molecule has 1 saturated heterocycles. The van der Waals surface area contributed by atoms with Gasteiger partial charge in [0, 0.05) is 43.5 Å². The second-order valence-electron chi connectivity index (χ2n) is 6.69. The maximum absolute atomic E-state index is 13.0. The number of rotatable bonds is 6. The summed E-state index contributed by atoms with van der Waals surface area (Å²) in [7, 11) is 0. The number of hydrogen-bond donors (Lipinski definition) is 3. The predicted octanol–water partition coefficient (Wildman–Crippen LogP) is 0.917. The van der Waals surface area contributed by atoms with Crippen LogP contribution in [0, 0.1) is 0 Å².